The Morgan fingerprint density at radius 3 is 1.88 bits per heavy atom. The lowest BCUT2D eigenvalue weighted by Crippen LogP contribution is -2.32. The third-order valence-corrected chi connectivity index (χ3v) is 7.55. The Bertz CT molecular complexity index is 506. The molecule has 32 heavy (non-hydrogen) atoms. The molecule has 0 radical (unpaired) electrons. The van der Waals surface area contributed by atoms with Gasteiger partial charge in [-0.3, -0.25) is 4.79 Å². The molecular weight excluding hydrogens is 400 g/mol. The van der Waals surface area contributed by atoms with Crippen molar-refractivity contribution in [2.45, 2.75) is 136 Å². The summed E-state index contributed by atoms with van der Waals surface area (Å²) >= 11 is 0. The molecule has 0 aromatic rings. The van der Waals surface area contributed by atoms with Crippen LogP contribution in [0.3, 0.4) is 0 Å². The molecule has 0 saturated carbocycles. The maximum atomic E-state index is 12.2. The summed E-state index contributed by atoms with van der Waals surface area (Å²) in [5.74, 6) is 3.18. The van der Waals surface area contributed by atoms with Crippen LogP contribution in [0, 0.1) is 23.7 Å². The summed E-state index contributed by atoms with van der Waals surface area (Å²) in [5, 5.41) is 0. The van der Waals surface area contributed by atoms with E-state index < -0.39 is 0 Å². The summed E-state index contributed by atoms with van der Waals surface area (Å²) in [6.07, 6.45) is 15.7. The van der Waals surface area contributed by atoms with E-state index in [4.69, 9.17) is 14.2 Å². The van der Waals surface area contributed by atoms with Crippen molar-refractivity contribution < 1.29 is 19.0 Å². The summed E-state index contributed by atoms with van der Waals surface area (Å²) < 4.78 is 16.9. The van der Waals surface area contributed by atoms with Crippen LogP contribution in [0.15, 0.2) is 0 Å². The predicted octanol–water partition coefficient (Wildman–Crippen LogP) is 7.33. The van der Waals surface area contributed by atoms with Crippen LogP contribution in [-0.4, -0.2) is 37.5 Å². The molecule has 0 amide bonds. The van der Waals surface area contributed by atoms with Gasteiger partial charge >= 0.3 is 5.97 Å². The number of hydrogen-bond acceptors (Lipinski definition) is 4. The average Bonchev–Trinajstić information content (AvgIpc) is 3.33. The van der Waals surface area contributed by atoms with E-state index in [1.165, 1.54) is 57.8 Å². The number of esters is 1. The highest BCUT2D eigenvalue weighted by Crippen LogP contribution is 2.29. The van der Waals surface area contributed by atoms with Crippen molar-refractivity contribution in [3.8, 4) is 0 Å². The van der Waals surface area contributed by atoms with Crippen molar-refractivity contribution in [2.24, 2.45) is 23.7 Å². The molecule has 0 N–H and O–H groups in total. The van der Waals surface area contributed by atoms with Crippen molar-refractivity contribution >= 4 is 5.97 Å². The van der Waals surface area contributed by atoms with Gasteiger partial charge in [-0.05, 0) is 36.5 Å². The van der Waals surface area contributed by atoms with E-state index in [1.54, 1.807) is 0 Å². The first-order valence-electron chi connectivity index (χ1n) is 13.8. The lowest BCUT2D eigenvalue weighted by atomic mass is 9.90. The zero-order valence-corrected chi connectivity index (χ0v) is 21.8. The lowest BCUT2D eigenvalue weighted by Gasteiger charge is -2.17. The molecule has 0 bridgehead atoms. The zero-order valence-electron chi connectivity index (χ0n) is 21.8. The van der Waals surface area contributed by atoms with E-state index in [0.717, 1.165) is 43.6 Å². The van der Waals surface area contributed by atoms with Gasteiger partial charge in [0.2, 0.25) is 0 Å². The monoisotopic (exact) mass is 452 g/mol. The van der Waals surface area contributed by atoms with E-state index in [9.17, 15) is 4.79 Å². The Hall–Kier alpha value is -0.610. The number of ether oxygens (including phenoxy) is 3. The van der Waals surface area contributed by atoms with Crippen LogP contribution in [0.5, 0.6) is 0 Å². The first kappa shape index (κ1) is 27.6. The van der Waals surface area contributed by atoms with Crippen LogP contribution in [0.2, 0.25) is 0 Å². The lowest BCUT2D eigenvalue weighted by molar-refractivity contribution is -0.153. The molecule has 4 nitrogen and oxygen atoms in total. The van der Waals surface area contributed by atoms with Gasteiger partial charge in [0, 0.05) is 13.0 Å². The van der Waals surface area contributed by atoms with E-state index in [-0.39, 0.29) is 24.3 Å². The van der Waals surface area contributed by atoms with Gasteiger partial charge in [-0.25, -0.2) is 0 Å². The summed E-state index contributed by atoms with van der Waals surface area (Å²) in [6, 6.07) is 0. The number of rotatable bonds is 17. The van der Waals surface area contributed by atoms with Gasteiger partial charge in [0.1, 0.15) is 6.10 Å². The van der Waals surface area contributed by atoms with Gasteiger partial charge in [-0.1, -0.05) is 98.8 Å². The summed E-state index contributed by atoms with van der Waals surface area (Å²) in [6.45, 7) is 13.1. The van der Waals surface area contributed by atoms with Crippen molar-refractivity contribution in [1.29, 1.82) is 0 Å². The van der Waals surface area contributed by atoms with Crippen LogP contribution in [-0.2, 0) is 19.0 Å². The quantitative estimate of drug-likeness (QED) is 0.217. The first-order valence-corrected chi connectivity index (χ1v) is 13.8. The molecule has 2 heterocycles. The highest BCUT2D eigenvalue weighted by molar-refractivity contribution is 5.69. The van der Waals surface area contributed by atoms with E-state index in [1.807, 2.05) is 0 Å². The van der Waals surface area contributed by atoms with Crippen molar-refractivity contribution in [1.82, 2.24) is 0 Å². The standard InChI is InChI=1S/C28H52O4/c1-21(2)10-6-11-22(3)12-7-13-23(4)14-8-15-24(5)16-9-17-27(29)32-26-20-31-25-18-19-30-28(25)26/h21-26,28H,6-20H2,1-5H3/t22?,23?,24?,25?,26-,28?/m1/s1. The normalized spacial score (nSPS) is 25.6. The van der Waals surface area contributed by atoms with E-state index in [2.05, 4.69) is 34.6 Å². The zero-order chi connectivity index (χ0) is 23.3. The Morgan fingerprint density at radius 2 is 1.31 bits per heavy atom. The Kier molecular flexibility index (Phi) is 13.2. The smallest absolute Gasteiger partial charge is 0.306 e. The molecule has 2 aliphatic rings. The molecule has 4 heteroatoms. The number of carbonyl (C=O) groups excluding carboxylic acids is 1. The molecule has 2 rings (SSSR count). The van der Waals surface area contributed by atoms with Crippen molar-refractivity contribution in [3.63, 3.8) is 0 Å². The van der Waals surface area contributed by atoms with Crippen LogP contribution < -0.4 is 0 Å². The van der Waals surface area contributed by atoms with E-state index >= 15 is 0 Å². The molecule has 2 fully saturated rings. The molecule has 0 aromatic heterocycles. The minimum Gasteiger partial charge on any atom is -0.457 e. The van der Waals surface area contributed by atoms with E-state index in [0.29, 0.717) is 18.9 Å². The molecule has 0 aromatic carbocycles. The largest absolute Gasteiger partial charge is 0.457 e. The number of hydrogen-bond donors (Lipinski definition) is 0. The summed E-state index contributed by atoms with van der Waals surface area (Å²) in [5.41, 5.74) is 0. The molecule has 6 atom stereocenters. The average molecular weight is 453 g/mol. The predicted molar refractivity (Wildman–Crippen MR) is 132 cm³/mol. The fraction of sp³-hybridized carbons (Fsp3) is 0.964. The molecule has 5 unspecified atom stereocenters. The van der Waals surface area contributed by atoms with Crippen LogP contribution in [0.4, 0.5) is 0 Å². The molecule has 0 spiro atoms. The summed E-state index contributed by atoms with van der Waals surface area (Å²) in [7, 11) is 0. The van der Waals surface area contributed by atoms with Gasteiger partial charge in [0.05, 0.1) is 12.7 Å². The van der Waals surface area contributed by atoms with Crippen LogP contribution in [0.25, 0.3) is 0 Å². The Labute approximate surface area is 198 Å². The minimum absolute atomic E-state index is 0.0343. The van der Waals surface area contributed by atoms with Crippen molar-refractivity contribution in [3.05, 3.63) is 0 Å². The number of fused-ring (bicyclic) bond motifs is 1. The van der Waals surface area contributed by atoms with Gasteiger partial charge in [0.15, 0.2) is 6.10 Å². The fourth-order valence-corrected chi connectivity index (χ4v) is 5.29. The molecular formula is C28H52O4. The maximum Gasteiger partial charge on any atom is 0.306 e. The SMILES string of the molecule is CC(C)CCCC(C)CCCC(C)CCCC(C)CCCC(=O)O[C@@H]1COC2CCOC21. The Balaban J connectivity index is 1.42. The number of carbonyl (C=O) groups is 1. The fourth-order valence-electron chi connectivity index (χ4n) is 5.29. The summed E-state index contributed by atoms with van der Waals surface area (Å²) in [4.78, 5) is 12.2. The van der Waals surface area contributed by atoms with Crippen LogP contribution in [0.1, 0.15) is 118 Å². The van der Waals surface area contributed by atoms with Gasteiger partial charge in [-0.2, -0.15) is 0 Å². The highest BCUT2D eigenvalue weighted by Gasteiger charge is 2.43. The molecule has 188 valence electrons. The van der Waals surface area contributed by atoms with Gasteiger partial charge < -0.3 is 14.2 Å². The highest BCUT2D eigenvalue weighted by atomic mass is 16.6. The van der Waals surface area contributed by atoms with Gasteiger partial charge in [-0.15, -0.1) is 0 Å². The molecule has 2 saturated heterocycles. The van der Waals surface area contributed by atoms with Gasteiger partial charge in [0.25, 0.3) is 0 Å². The Morgan fingerprint density at radius 1 is 0.781 bits per heavy atom. The topological polar surface area (TPSA) is 44.8 Å². The van der Waals surface area contributed by atoms with Crippen molar-refractivity contribution in [2.75, 3.05) is 13.2 Å². The third-order valence-electron chi connectivity index (χ3n) is 7.55. The third kappa shape index (κ3) is 11.0. The van der Waals surface area contributed by atoms with Crippen LogP contribution >= 0.6 is 0 Å². The molecule has 0 aliphatic carbocycles. The molecule has 2 aliphatic heterocycles. The first-order chi connectivity index (χ1) is 15.3. The second-order valence-electron chi connectivity index (χ2n) is 11.4. The minimum atomic E-state index is -0.197. The maximum absolute atomic E-state index is 12.2. The second-order valence-corrected chi connectivity index (χ2v) is 11.4. The second kappa shape index (κ2) is 15.3.